The molecule has 1 saturated heterocycles. The number of hydrogen-bond acceptors (Lipinski definition) is 5. The zero-order chi connectivity index (χ0) is 19.9. The SMILES string of the molecule is CCNC(=NCc1nc(C(C)(C)C)cs1)NCC1CN(CC(C)C)CCO1. The Labute approximate surface area is 168 Å². The molecule has 0 bridgehead atoms. The van der Waals surface area contributed by atoms with Gasteiger partial charge in [-0.2, -0.15) is 0 Å². The molecule has 0 spiro atoms. The first-order chi connectivity index (χ1) is 12.8. The fraction of sp³-hybridized carbons (Fsp3) is 0.800. The number of ether oxygens (including phenoxy) is 1. The number of nitrogens with one attached hydrogen (secondary N) is 2. The van der Waals surface area contributed by atoms with Crippen LogP contribution in [0.3, 0.4) is 0 Å². The summed E-state index contributed by atoms with van der Waals surface area (Å²) in [5.74, 6) is 1.52. The summed E-state index contributed by atoms with van der Waals surface area (Å²) in [5.41, 5.74) is 1.22. The molecule has 0 radical (unpaired) electrons. The van der Waals surface area contributed by atoms with Gasteiger partial charge in [0.15, 0.2) is 5.96 Å². The van der Waals surface area contributed by atoms with Crippen LogP contribution < -0.4 is 10.6 Å². The Kier molecular flexibility index (Phi) is 8.51. The Morgan fingerprint density at radius 1 is 1.41 bits per heavy atom. The van der Waals surface area contributed by atoms with Gasteiger partial charge in [0.2, 0.25) is 0 Å². The average Bonchev–Trinajstić information content (AvgIpc) is 3.06. The summed E-state index contributed by atoms with van der Waals surface area (Å²) >= 11 is 1.68. The van der Waals surface area contributed by atoms with Crippen molar-refractivity contribution in [1.82, 2.24) is 20.5 Å². The maximum absolute atomic E-state index is 5.92. The number of thiazole rings is 1. The lowest BCUT2D eigenvalue weighted by Gasteiger charge is -2.34. The maximum Gasteiger partial charge on any atom is 0.191 e. The van der Waals surface area contributed by atoms with Crippen LogP contribution in [0.2, 0.25) is 0 Å². The smallest absolute Gasteiger partial charge is 0.191 e. The van der Waals surface area contributed by atoms with E-state index in [0.29, 0.717) is 12.5 Å². The molecule has 6 nitrogen and oxygen atoms in total. The second-order valence-electron chi connectivity index (χ2n) is 8.60. The number of hydrogen-bond donors (Lipinski definition) is 2. The fourth-order valence-electron chi connectivity index (χ4n) is 3.01. The number of aromatic nitrogens is 1. The largest absolute Gasteiger partial charge is 0.374 e. The monoisotopic (exact) mass is 395 g/mol. The van der Waals surface area contributed by atoms with Crippen molar-refractivity contribution in [2.45, 2.75) is 59.6 Å². The fourth-order valence-corrected chi connectivity index (χ4v) is 3.96. The van der Waals surface area contributed by atoms with Crippen LogP contribution in [-0.2, 0) is 16.7 Å². The minimum Gasteiger partial charge on any atom is -0.374 e. The minimum absolute atomic E-state index is 0.0847. The third-order valence-corrected chi connectivity index (χ3v) is 5.21. The summed E-state index contributed by atoms with van der Waals surface area (Å²) in [7, 11) is 0. The lowest BCUT2D eigenvalue weighted by atomic mass is 9.93. The molecule has 1 aliphatic heterocycles. The molecular weight excluding hydrogens is 358 g/mol. The molecule has 27 heavy (non-hydrogen) atoms. The quantitative estimate of drug-likeness (QED) is 0.549. The Bertz CT molecular complexity index is 593. The maximum atomic E-state index is 5.92. The van der Waals surface area contributed by atoms with E-state index in [1.807, 2.05) is 0 Å². The first kappa shape index (κ1) is 22.1. The van der Waals surface area contributed by atoms with Gasteiger partial charge in [0.25, 0.3) is 0 Å². The van der Waals surface area contributed by atoms with Gasteiger partial charge in [-0.3, -0.25) is 4.90 Å². The van der Waals surface area contributed by atoms with Crippen LogP contribution in [-0.4, -0.2) is 61.3 Å². The Balaban J connectivity index is 1.87. The van der Waals surface area contributed by atoms with Gasteiger partial charge < -0.3 is 15.4 Å². The molecule has 1 aliphatic rings. The van der Waals surface area contributed by atoms with Gasteiger partial charge in [0.1, 0.15) is 5.01 Å². The topological polar surface area (TPSA) is 61.8 Å². The Hall–Kier alpha value is -1.18. The minimum atomic E-state index is 0.0847. The molecule has 7 heteroatoms. The molecule has 0 amide bonds. The van der Waals surface area contributed by atoms with Crippen LogP contribution in [0.25, 0.3) is 0 Å². The highest BCUT2D eigenvalue weighted by atomic mass is 32.1. The van der Waals surface area contributed by atoms with Crippen molar-refractivity contribution in [2.24, 2.45) is 10.9 Å². The molecule has 1 unspecified atom stereocenters. The van der Waals surface area contributed by atoms with Crippen LogP contribution in [0.5, 0.6) is 0 Å². The Morgan fingerprint density at radius 2 is 2.19 bits per heavy atom. The third-order valence-electron chi connectivity index (χ3n) is 4.38. The van der Waals surface area contributed by atoms with Crippen LogP contribution >= 0.6 is 11.3 Å². The van der Waals surface area contributed by atoms with E-state index in [1.165, 1.54) is 0 Å². The van der Waals surface area contributed by atoms with E-state index in [1.54, 1.807) is 11.3 Å². The first-order valence-electron chi connectivity index (χ1n) is 10.1. The van der Waals surface area contributed by atoms with Crippen molar-refractivity contribution < 1.29 is 4.74 Å². The highest BCUT2D eigenvalue weighted by Crippen LogP contribution is 2.24. The molecule has 0 saturated carbocycles. The van der Waals surface area contributed by atoms with Crippen LogP contribution in [0.1, 0.15) is 52.2 Å². The molecule has 2 heterocycles. The van der Waals surface area contributed by atoms with Crippen LogP contribution in [0, 0.1) is 5.92 Å². The summed E-state index contributed by atoms with van der Waals surface area (Å²) in [4.78, 5) is 11.9. The normalized spacial score (nSPS) is 19.5. The van der Waals surface area contributed by atoms with E-state index >= 15 is 0 Å². The summed E-state index contributed by atoms with van der Waals surface area (Å²) in [6, 6.07) is 0. The van der Waals surface area contributed by atoms with Gasteiger partial charge in [-0.15, -0.1) is 11.3 Å². The van der Waals surface area contributed by atoms with E-state index in [-0.39, 0.29) is 11.5 Å². The predicted molar refractivity (Wildman–Crippen MR) is 115 cm³/mol. The van der Waals surface area contributed by atoms with Crippen molar-refractivity contribution in [3.63, 3.8) is 0 Å². The molecular formula is C20H37N5OS. The van der Waals surface area contributed by atoms with Gasteiger partial charge in [-0.1, -0.05) is 34.6 Å². The van der Waals surface area contributed by atoms with Gasteiger partial charge >= 0.3 is 0 Å². The van der Waals surface area contributed by atoms with E-state index in [4.69, 9.17) is 14.7 Å². The average molecular weight is 396 g/mol. The van der Waals surface area contributed by atoms with Crippen molar-refractivity contribution >= 4 is 17.3 Å². The highest BCUT2D eigenvalue weighted by molar-refractivity contribution is 7.09. The standard InChI is InChI=1S/C20H37N5OS/c1-7-21-19(23-11-18-24-17(14-27-18)20(4,5)6)22-10-16-13-25(8-9-26-16)12-15(2)3/h14-16H,7-13H2,1-6H3,(H2,21,22,23). The number of nitrogens with zero attached hydrogens (tertiary/aromatic N) is 3. The van der Waals surface area contributed by atoms with Gasteiger partial charge in [-0.05, 0) is 12.8 Å². The predicted octanol–water partition coefficient (Wildman–Crippen LogP) is 2.85. The lowest BCUT2D eigenvalue weighted by molar-refractivity contribution is -0.0284. The summed E-state index contributed by atoms with van der Waals surface area (Å²) in [6.07, 6.45) is 0.203. The molecule has 0 aromatic carbocycles. The third kappa shape index (κ3) is 7.76. The molecule has 1 atom stereocenters. The molecule has 1 aromatic heterocycles. The molecule has 154 valence electrons. The van der Waals surface area contributed by atoms with Gasteiger partial charge in [0.05, 0.1) is 24.9 Å². The lowest BCUT2D eigenvalue weighted by Crippen LogP contribution is -2.50. The molecule has 1 aromatic rings. The summed E-state index contributed by atoms with van der Waals surface area (Å²) in [5, 5.41) is 9.95. The molecule has 2 rings (SSSR count). The first-order valence-corrected chi connectivity index (χ1v) is 11.0. The van der Waals surface area contributed by atoms with E-state index < -0.39 is 0 Å². The highest BCUT2D eigenvalue weighted by Gasteiger charge is 2.21. The number of aliphatic imine (C=N–C) groups is 1. The second-order valence-corrected chi connectivity index (χ2v) is 9.54. The number of guanidine groups is 1. The van der Waals surface area contributed by atoms with Crippen molar-refractivity contribution in [2.75, 3.05) is 39.3 Å². The molecule has 0 aliphatic carbocycles. The van der Waals surface area contributed by atoms with Crippen molar-refractivity contribution in [3.8, 4) is 0 Å². The molecule has 2 N–H and O–H groups in total. The summed E-state index contributed by atoms with van der Waals surface area (Å²) in [6.45, 7) is 19.3. The van der Waals surface area contributed by atoms with E-state index in [9.17, 15) is 0 Å². The number of morpholine rings is 1. The van der Waals surface area contributed by atoms with Crippen LogP contribution in [0.4, 0.5) is 0 Å². The van der Waals surface area contributed by atoms with Gasteiger partial charge in [-0.25, -0.2) is 9.98 Å². The second kappa shape index (κ2) is 10.4. The molecule has 1 fully saturated rings. The van der Waals surface area contributed by atoms with Gasteiger partial charge in [0, 0.05) is 43.5 Å². The van der Waals surface area contributed by atoms with E-state index in [0.717, 1.165) is 56.0 Å². The van der Waals surface area contributed by atoms with E-state index in [2.05, 4.69) is 62.5 Å². The number of rotatable bonds is 7. The van der Waals surface area contributed by atoms with Crippen LogP contribution in [0.15, 0.2) is 10.4 Å². The zero-order valence-corrected chi connectivity index (χ0v) is 18.7. The van der Waals surface area contributed by atoms with Crippen molar-refractivity contribution in [1.29, 1.82) is 0 Å². The van der Waals surface area contributed by atoms with Crippen molar-refractivity contribution in [3.05, 3.63) is 16.1 Å². The Morgan fingerprint density at radius 3 is 2.81 bits per heavy atom. The zero-order valence-electron chi connectivity index (χ0n) is 17.8. The summed E-state index contributed by atoms with van der Waals surface area (Å²) < 4.78 is 5.92.